The van der Waals surface area contributed by atoms with Gasteiger partial charge in [0.05, 0.1) is 12.7 Å². The summed E-state index contributed by atoms with van der Waals surface area (Å²) in [4.78, 5) is 15.9. The number of anilines is 1. The monoisotopic (exact) mass is 297 g/mol. The van der Waals surface area contributed by atoms with E-state index in [1.54, 1.807) is 30.5 Å². The van der Waals surface area contributed by atoms with Crippen LogP contribution in [0.3, 0.4) is 0 Å². The molecule has 0 bridgehead atoms. The third-order valence-electron chi connectivity index (χ3n) is 2.85. The van der Waals surface area contributed by atoms with Crippen molar-refractivity contribution in [2.45, 2.75) is 6.92 Å². The molecule has 2 aromatic rings. The maximum atomic E-state index is 11.8. The number of amides is 1. The summed E-state index contributed by atoms with van der Waals surface area (Å²) < 4.78 is 10.5. The van der Waals surface area contributed by atoms with Gasteiger partial charge in [0.1, 0.15) is 23.4 Å². The fourth-order valence-electron chi connectivity index (χ4n) is 1.71. The lowest BCUT2D eigenvalue weighted by molar-refractivity contribution is -0.118. The molecule has 0 saturated heterocycles. The third-order valence-corrected chi connectivity index (χ3v) is 2.85. The number of nitriles is 1. The molecule has 0 radical (unpaired) electrons. The molecule has 22 heavy (non-hydrogen) atoms. The number of methoxy groups -OCH3 is 1. The van der Waals surface area contributed by atoms with E-state index in [-0.39, 0.29) is 12.5 Å². The summed E-state index contributed by atoms with van der Waals surface area (Å²) in [6.45, 7) is 1.69. The van der Waals surface area contributed by atoms with E-state index >= 15 is 0 Å². The van der Waals surface area contributed by atoms with E-state index in [1.807, 2.05) is 19.1 Å². The Bertz CT molecular complexity index is 706. The Hall–Kier alpha value is -3.07. The highest BCUT2D eigenvalue weighted by atomic mass is 16.5. The number of nitrogens with one attached hydrogen (secondary N) is 1. The van der Waals surface area contributed by atoms with Crippen LogP contribution in [0.2, 0.25) is 0 Å². The number of rotatable bonds is 5. The second kappa shape index (κ2) is 7.09. The Kier molecular flexibility index (Phi) is 4.94. The largest absolute Gasteiger partial charge is 0.497 e. The van der Waals surface area contributed by atoms with Gasteiger partial charge in [0.25, 0.3) is 5.91 Å². The van der Waals surface area contributed by atoms with Crippen LogP contribution in [-0.4, -0.2) is 24.6 Å². The van der Waals surface area contributed by atoms with Crippen molar-refractivity contribution < 1.29 is 14.3 Å². The topological polar surface area (TPSA) is 84.2 Å². The van der Waals surface area contributed by atoms with E-state index in [4.69, 9.17) is 14.7 Å². The first kappa shape index (κ1) is 15.3. The molecule has 0 aliphatic rings. The summed E-state index contributed by atoms with van der Waals surface area (Å²) in [6, 6.07) is 10.4. The Morgan fingerprint density at radius 2 is 2.18 bits per heavy atom. The SMILES string of the molecule is COc1ccc(C#N)c(OCC(=O)Nc2ccc(C)cn2)c1. The highest BCUT2D eigenvalue weighted by molar-refractivity contribution is 5.90. The van der Waals surface area contributed by atoms with Crippen LogP contribution in [-0.2, 0) is 4.79 Å². The average Bonchev–Trinajstić information content (AvgIpc) is 2.54. The van der Waals surface area contributed by atoms with E-state index in [0.29, 0.717) is 22.9 Å². The number of pyridine rings is 1. The summed E-state index contributed by atoms with van der Waals surface area (Å²) >= 11 is 0. The van der Waals surface area contributed by atoms with E-state index in [1.165, 1.54) is 7.11 Å². The van der Waals surface area contributed by atoms with Crippen molar-refractivity contribution in [3.05, 3.63) is 47.7 Å². The van der Waals surface area contributed by atoms with Crippen LogP contribution in [0.15, 0.2) is 36.5 Å². The maximum Gasteiger partial charge on any atom is 0.263 e. The van der Waals surface area contributed by atoms with Crippen LogP contribution >= 0.6 is 0 Å². The summed E-state index contributed by atoms with van der Waals surface area (Å²) in [7, 11) is 1.51. The molecule has 1 N–H and O–H groups in total. The highest BCUT2D eigenvalue weighted by Gasteiger charge is 2.09. The number of aromatic nitrogens is 1. The summed E-state index contributed by atoms with van der Waals surface area (Å²) in [5.41, 5.74) is 1.34. The molecule has 0 atom stereocenters. The van der Waals surface area contributed by atoms with Gasteiger partial charge in [-0.25, -0.2) is 4.98 Å². The minimum absolute atomic E-state index is 0.225. The molecule has 112 valence electrons. The van der Waals surface area contributed by atoms with Gasteiger partial charge in [0.15, 0.2) is 6.61 Å². The van der Waals surface area contributed by atoms with Crippen LogP contribution in [0.4, 0.5) is 5.82 Å². The molecule has 6 heteroatoms. The number of aryl methyl sites for hydroxylation is 1. The molecule has 1 heterocycles. The molecule has 2 rings (SSSR count). The second-order valence-electron chi connectivity index (χ2n) is 4.53. The van der Waals surface area contributed by atoms with E-state index in [0.717, 1.165) is 5.56 Å². The lowest BCUT2D eigenvalue weighted by Gasteiger charge is -2.09. The first-order chi connectivity index (χ1) is 10.6. The second-order valence-corrected chi connectivity index (χ2v) is 4.53. The quantitative estimate of drug-likeness (QED) is 0.915. The lowest BCUT2D eigenvalue weighted by atomic mass is 10.2. The van der Waals surface area contributed by atoms with Gasteiger partial charge in [-0.1, -0.05) is 6.07 Å². The molecule has 0 fully saturated rings. The van der Waals surface area contributed by atoms with Gasteiger partial charge in [0, 0.05) is 12.3 Å². The number of ether oxygens (including phenoxy) is 2. The van der Waals surface area contributed by atoms with Gasteiger partial charge in [-0.15, -0.1) is 0 Å². The molecular weight excluding hydrogens is 282 g/mol. The minimum atomic E-state index is -0.358. The summed E-state index contributed by atoms with van der Waals surface area (Å²) in [5.74, 6) is 0.942. The molecular formula is C16H15N3O3. The van der Waals surface area contributed by atoms with Crippen LogP contribution < -0.4 is 14.8 Å². The Labute approximate surface area is 128 Å². The normalized spacial score (nSPS) is 9.68. The van der Waals surface area contributed by atoms with Gasteiger partial charge in [-0.3, -0.25) is 4.79 Å². The lowest BCUT2D eigenvalue weighted by Crippen LogP contribution is -2.21. The molecule has 1 amide bonds. The van der Waals surface area contributed by atoms with Crippen molar-refractivity contribution in [2.75, 3.05) is 19.0 Å². The fourth-order valence-corrected chi connectivity index (χ4v) is 1.71. The number of carbonyl (C=O) groups excluding carboxylic acids is 1. The average molecular weight is 297 g/mol. The summed E-state index contributed by atoms with van der Waals surface area (Å²) in [6.07, 6.45) is 1.66. The molecule has 1 aromatic carbocycles. The minimum Gasteiger partial charge on any atom is -0.497 e. The zero-order valence-corrected chi connectivity index (χ0v) is 12.3. The van der Waals surface area contributed by atoms with Crippen molar-refractivity contribution >= 4 is 11.7 Å². The van der Waals surface area contributed by atoms with Crippen molar-refractivity contribution in [1.82, 2.24) is 4.98 Å². The highest BCUT2D eigenvalue weighted by Crippen LogP contribution is 2.24. The fraction of sp³-hybridized carbons (Fsp3) is 0.188. The summed E-state index contributed by atoms with van der Waals surface area (Å²) in [5, 5.41) is 11.6. The van der Waals surface area contributed by atoms with Gasteiger partial charge in [-0.2, -0.15) is 5.26 Å². The van der Waals surface area contributed by atoms with Crippen molar-refractivity contribution in [3.63, 3.8) is 0 Å². The predicted molar refractivity (Wildman–Crippen MR) is 80.8 cm³/mol. The van der Waals surface area contributed by atoms with Crippen molar-refractivity contribution in [3.8, 4) is 17.6 Å². The van der Waals surface area contributed by atoms with Gasteiger partial charge >= 0.3 is 0 Å². The molecule has 0 unspecified atom stereocenters. The van der Waals surface area contributed by atoms with Gasteiger partial charge in [-0.05, 0) is 30.7 Å². The number of nitrogens with zero attached hydrogens (tertiary/aromatic N) is 2. The molecule has 0 aliphatic carbocycles. The Morgan fingerprint density at radius 1 is 1.36 bits per heavy atom. The van der Waals surface area contributed by atoms with Gasteiger partial charge < -0.3 is 14.8 Å². The van der Waals surface area contributed by atoms with E-state index in [9.17, 15) is 4.79 Å². The molecule has 1 aromatic heterocycles. The van der Waals surface area contributed by atoms with Crippen LogP contribution in [0, 0.1) is 18.3 Å². The zero-order chi connectivity index (χ0) is 15.9. The third kappa shape index (κ3) is 3.96. The molecule has 0 spiro atoms. The van der Waals surface area contributed by atoms with Crippen molar-refractivity contribution in [1.29, 1.82) is 5.26 Å². The smallest absolute Gasteiger partial charge is 0.263 e. The Balaban J connectivity index is 1.99. The number of hydrogen-bond acceptors (Lipinski definition) is 5. The van der Waals surface area contributed by atoms with Crippen LogP contribution in [0.5, 0.6) is 11.5 Å². The van der Waals surface area contributed by atoms with Crippen molar-refractivity contribution in [2.24, 2.45) is 0 Å². The number of benzene rings is 1. The van der Waals surface area contributed by atoms with Crippen LogP contribution in [0.25, 0.3) is 0 Å². The molecule has 0 saturated carbocycles. The number of hydrogen-bond donors (Lipinski definition) is 1. The standard InChI is InChI=1S/C16H15N3O3/c1-11-3-6-15(18-9-11)19-16(20)10-22-14-7-13(21-2)5-4-12(14)8-17/h3-7,9H,10H2,1-2H3,(H,18,19,20). The van der Waals surface area contributed by atoms with Gasteiger partial charge in [0.2, 0.25) is 0 Å². The maximum absolute atomic E-state index is 11.8. The molecule has 6 nitrogen and oxygen atoms in total. The zero-order valence-electron chi connectivity index (χ0n) is 12.3. The number of carbonyl (C=O) groups is 1. The van der Waals surface area contributed by atoms with Crippen LogP contribution in [0.1, 0.15) is 11.1 Å². The first-order valence-corrected chi connectivity index (χ1v) is 6.56. The molecule has 0 aliphatic heterocycles. The predicted octanol–water partition coefficient (Wildman–Crippen LogP) is 2.29. The van der Waals surface area contributed by atoms with E-state index in [2.05, 4.69) is 10.3 Å². The first-order valence-electron chi connectivity index (χ1n) is 6.56. The Morgan fingerprint density at radius 3 is 2.82 bits per heavy atom. The van der Waals surface area contributed by atoms with E-state index < -0.39 is 0 Å².